The first-order valence-electron chi connectivity index (χ1n) is 5.67. The summed E-state index contributed by atoms with van der Waals surface area (Å²) in [4.78, 5) is 11.6. The average Bonchev–Trinajstić information content (AvgIpc) is 2.15. The summed E-state index contributed by atoms with van der Waals surface area (Å²) in [6.45, 7) is 3.69. The van der Waals surface area contributed by atoms with Crippen molar-refractivity contribution in [2.24, 2.45) is 11.8 Å². The number of carbonyl (C=O) groups excluding carboxylic acids is 1. The standard InChI is InChI=1S/C11H18F3NO/c1-7(2)15-10(16)8-3-5-9(6-4-8)11(12,13)14/h7-9H,3-6H2,1-2H3,(H,15,16). The Bertz CT molecular complexity index is 242. The second-order valence-corrected chi connectivity index (χ2v) is 4.75. The highest BCUT2D eigenvalue weighted by Crippen LogP contribution is 2.39. The number of amides is 1. The third-order valence-electron chi connectivity index (χ3n) is 2.99. The first-order chi connectivity index (χ1) is 7.30. The molecular formula is C11H18F3NO. The molecule has 1 fully saturated rings. The normalized spacial score (nSPS) is 26.9. The summed E-state index contributed by atoms with van der Waals surface area (Å²) in [5.74, 6) is -1.55. The molecule has 5 heteroatoms. The Morgan fingerprint density at radius 2 is 1.69 bits per heavy atom. The zero-order valence-electron chi connectivity index (χ0n) is 9.60. The Kier molecular flexibility index (Phi) is 4.21. The summed E-state index contributed by atoms with van der Waals surface area (Å²) >= 11 is 0. The zero-order valence-corrected chi connectivity index (χ0v) is 9.60. The van der Waals surface area contributed by atoms with E-state index in [1.807, 2.05) is 13.8 Å². The fourth-order valence-electron chi connectivity index (χ4n) is 2.09. The van der Waals surface area contributed by atoms with Crippen LogP contribution in [0.15, 0.2) is 0 Å². The first kappa shape index (κ1) is 13.3. The summed E-state index contributed by atoms with van der Waals surface area (Å²) in [6, 6.07) is 0.0489. The minimum absolute atomic E-state index is 0.0489. The minimum atomic E-state index is -4.10. The monoisotopic (exact) mass is 237 g/mol. The van der Waals surface area contributed by atoms with Crippen LogP contribution in [0.4, 0.5) is 13.2 Å². The Balaban J connectivity index is 2.40. The molecule has 0 aliphatic heterocycles. The lowest BCUT2D eigenvalue weighted by atomic mass is 9.81. The van der Waals surface area contributed by atoms with Crippen LogP contribution in [0.1, 0.15) is 39.5 Å². The lowest BCUT2D eigenvalue weighted by Gasteiger charge is -2.29. The van der Waals surface area contributed by atoms with Gasteiger partial charge in [-0.3, -0.25) is 4.79 Å². The van der Waals surface area contributed by atoms with Gasteiger partial charge in [0.15, 0.2) is 0 Å². The lowest BCUT2D eigenvalue weighted by Crippen LogP contribution is -2.38. The molecule has 1 N–H and O–H groups in total. The number of carbonyl (C=O) groups is 1. The van der Waals surface area contributed by atoms with Gasteiger partial charge in [0.25, 0.3) is 0 Å². The van der Waals surface area contributed by atoms with Crippen molar-refractivity contribution in [2.45, 2.75) is 51.7 Å². The molecule has 0 saturated heterocycles. The molecule has 1 aliphatic rings. The molecule has 94 valence electrons. The number of alkyl halides is 3. The van der Waals surface area contributed by atoms with Gasteiger partial charge in [-0.1, -0.05) is 0 Å². The van der Waals surface area contributed by atoms with Crippen LogP contribution in [0.25, 0.3) is 0 Å². The highest BCUT2D eigenvalue weighted by Gasteiger charge is 2.42. The number of halogens is 3. The minimum Gasteiger partial charge on any atom is -0.354 e. The molecule has 1 aliphatic carbocycles. The van der Waals surface area contributed by atoms with Gasteiger partial charge < -0.3 is 5.32 Å². The number of nitrogens with one attached hydrogen (secondary N) is 1. The van der Waals surface area contributed by atoms with E-state index < -0.39 is 12.1 Å². The van der Waals surface area contributed by atoms with Crippen LogP contribution in [-0.4, -0.2) is 18.1 Å². The highest BCUT2D eigenvalue weighted by molar-refractivity contribution is 5.78. The van der Waals surface area contributed by atoms with Crippen LogP contribution in [0.5, 0.6) is 0 Å². The molecule has 0 atom stereocenters. The molecule has 1 amide bonds. The molecule has 0 bridgehead atoms. The number of hydrogen-bond donors (Lipinski definition) is 1. The summed E-state index contributed by atoms with van der Waals surface area (Å²) in [6.07, 6.45) is -3.23. The summed E-state index contributed by atoms with van der Waals surface area (Å²) < 4.78 is 37.1. The van der Waals surface area contributed by atoms with E-state index >= 15 is 0 Å². The molecule has 16 heavy (non-hydrogen) atoms. The van der Waals surface area contributed by atoms with Gasteiger partial charge in [-0.05, 0) is 39.5 Å². The summed E-state index contributed by atoms with van der Waals surface area (Å²) in [5, 5.41) is 2.75. The maximum absolute atomic E-state index is 12.4. The zero-order chi connectivity index (χ0) is 12.3. The molecule has 0 aromatic carbocycles. The second kappa shape index (κ2) is 5.06. The van der Waals surface area contributed by atoms with Crippen LogP contribution in [0, 0.1) is 11.8 Å². The molecule has 0 spiro atoms. The van der Waals surface area contributed by atoms with Crippen LogP contribution in [0.3, 0.4) is 0 Å². The van der Waals surface area contributed by atoms with Gasteiger partial charge >= 0.3 is 6.18 Å². The van der Waals surface area contributed by atoms with Crippen molar-refractivity contribution in [3.8, 4) is 0 Å². The van der Waals surface area contributed by atoms with Crippen molar-refractivity contribution < 1.29 is 18.0 Å². The third kappa shape index (κ3) is 3.68. The largest absolute Gasteiger partial charge is 0.391 e. The predicted molar refractivity (Wildman–Crippen MR) is 54.8 cm³/mol. The SMILES string of the molecule is CC(C)NC(=O)C1CCC(C(F)(F)F)CC1. The van der Waals surface area contributed by atoms with Crippen LogP contribution < -0.4 is 5.32 Å². The highest BCUT2D eigenvalue weighted by atomic mass is 19.4. The Labute approximate surface area is 93.6 Å². The molecule has 0 aromatic rings. The number of rotatable bonds is 2. The van der Waals surface area contributed by atoms with Crippen molar-refractivity contribution in [1.29, 1.82) is 0 Å². The van der Waals surface area contributed by atoms with E-state index in [1.54, 1.807) is 0 Å². The lowest BCUT2D eigenvalue weighted by molar-refractivity contribution is -0.184. The topological polar surface area (TPSA) is 29.1 Å². The van der Waals surface area contributed by atoms with Gasteiger partial charge in [0.1, 0.15) is 0 Å². The van der Waals surface area contributed by atoms with E-state index in [1.165, 1.54) is 0 Å². The van der Waals surface area contributed by atoms with Gasteiger partial charge in [0.05, 0.1) is 5.92 Å². The van der Waals surface area contributed by atoms with Gasteiger partial charge in [-0.25, -0.2) is 0 Å². The summed E-state index contributed by atoms with van der Waals surface area (Å²) in [5.41, 5.74) is 0. The van der Waals surface area contributed by atoms with Gasteiger partial charge in [-0.2, -0.15) is 13.2 Å². The molecule has 0 unspecified atom stereocenters. The van der Waals surface area contributed by atoms with Crippen molar-refractivity contribution in [1.82, 2.24) is 5.32 Å². The molecule has 2 nitrogen and oxygen atoms in total. The van der Waals surface area contributed by atoms with E-state index in [2.05, 4.69) is 5.32 Å². The van der Waals surface area contributed by atoms with Crippen LogP contribution in [-0.2, 0) is 4.79 Å². The van der Waals surface area contributed by atoms with E-state index in [4.69, 9.17) is 0 Å². The smallest absolute Gasteiger partial charge is 0.354 e. The first-order valence-corrected chi connectivity index (χ1v) is 5.67. The Hall–Kier alpha value is -0.740. The van der Waals surface area contributed by atoms with E-state index in [0.29, 0.717) is 12.8 Å². The fourth-order valence-corrected chi connectivity index (χ4v) is 2.09. The Morgan fingerprint density at radius 3 is 2.06 bits per heavy atom. The van der Waals surface area contributed by atoms with Crippen molar-refractivity contribution in [3.63, 3.8) is 0 Å². The van der Waals surface area contributed by atoms with Crippen molar-refractivity contribution >= 4 is 5.91 Å². The van der Waals surface area contributed by atoms with Gasteiger partial charge in [0, 0.05) is 12.0 Å². The maximum atomic E-state index is 12.4. The quantitative estimate of drug-likeness (QED) is 0.786. The molecule has 0 heterocycles. The second-order valence-electron chi connectivity index (χ2n) is 4.75. The number of hydrogen-bond acceptors (Lipinski definition) is 1. The fraction of sp³-hybridized carbons (Fsp3) is 0.909. The maximum Gasteiger partial charge on any atom is 0.391 e. The van der Waals surface area contributed by atoms with E-state index in [0.717, 1.165) is 0 Å². The van der Waals surface area contributed by atoms with Crippen molar-refractivity contribution in [3.05, 3.63) is 0 Å². The van der Waals surface area contributed by atoms with Crippen molar-refractivity contribution in [2.75, 3.05) is 0 Å². The molecule has 0 aromatic heterocycles. The van der Waals surface area contributed by atoms with Gasteiger partial charge in [-0.15, -0.1) is 0 Å². The van der Waals surface area contributed by atoms with Gasteiger partial charge in [0.2, 0.25) is 5.91 Å². The Morgan fingerprint density at radius 1 is 1.19 bits per heavy atom. The molecule has 1 saturated carbocycles. The summed E-state index contributed by atoms with van der Waals surface area (Å²) in [7, 11) is 0. The molecule has 0 radical (unpaired) electrons. The third-order valence-corrected chi connectivity index (χ3v) is 2.99. The average molecular weight is 237 g/mol. The van der Waals surface area contributed by atoms with E-state index in [-0.39, 0.29) is 30.7 Å². The predicted octanol–water partition coefficient (Wildman–Crippen LogP) is 2.88. The van der Waals surface area contributed by atoms with Crippen LogP contribution in [0.2, 0.25) is 0 Å². The molecular weight excluding hydrogens is 219 g/mol. The van der Waals surface area contributed by atoms with Crippen LogP contribution >= 0.6 is 0 Å². The van der Waals surface area contributed by atoms with E-state index in [9.17, 15) is 18.0 Å². The molecule has 1 rings (SSSR count).